The average molecular weight is 493 g/mol. The van der Waals surface area contributed by atoms with E-state index in [2.05, 4.69) is 26.6 Å². The third-order valence-corrected chi connectivity index (χ3v) is 5.41. The second kappa shape index (κ2) is 9.50. The number of nitrogens with zero attached hydrogens (tertiary/aromatic N) is 2. The standard InChI is InChI=1S/C20H21BrN4O4S/c1-12-9-14(21)10-13(2)18(12)22-20(30)23-19(26)16-11-15(25(27)28)3-4-17(16)24-5-7-29-8-6-24/h3-4,9-11H,5-8H2,1-2H3,(H2,22,23,26,30). The molecule has 10 heteroatoms. The van der Waals surface area contributed by atoms with Crippen molar-refractivity contribution in [2.75, 3.05) is 36.5 Å². The quantitative estimate of drug-likeness (QED) is 0.379. The highest BCUT2D eigenvalue weighted by Crippen LogP contribution is 2.27. The van der Waals surface area contributed by atoms with Gasteiger partial charge in [-0.05, 0) is 55.4 Å². The molecule has 2 aromatic rings. The van der Waals surface area contributed by atoms with Gasteiger partial charge >= 0.3 is 0 Å². The van der Waals surface area contributed by atoms with E-state index in [-0.39, 0.29) is 16.4 Å². The highest BCUT2D eigenvalue weighted by molar-refractivity contribution is 9.10. The number of non-ortho nitro benzene ring substituents is 1. The first-order chi connectivity index (χ1) is 14.3. The van der Waals surface area contributed by atoms with E-state index in [1.54, 1.807) is 6.07 Å². The Bertz CT molecular complexity index is 985. The first kappa shape index (κ1) is 22.1. The van der Waals surface area contributed by atoms with Gasteiger partial charge in [-0.1, -0.05) is 15.9 Å². The number of halogens is 1. The molecule has 0 bridgehead atoms. The number of hydrogen-bond donors (Lipinski definition) is 2. The molecule has 0 spiro atoms. The largest absolute Gasteiger partial charge is 0.378 e. The lowest BCUT2D eigenvalue weighted by atomic mass is 10.1. The van der Waals surface area contributed by atoms with Gasteiger partial charge in [0.25, 0.3) is 11.6 Å². The van der Waals surface area contributed by atoms with Gasteiger partial charge in [0.2, 0.25) is 0 Å². The fraction of sp³-hybridized carbons (Fsp3) is 0.300. The monoisotopic (exact) mass is 492 g/mol. The molecule has 0 saturated carbocycles. The average Bonchev–Trinajstić information content (AvgIpc) is 2.70. The van der Waals surface area contributed by atoms with Crippen molar-refractivity contribution in [3.05, 3.63) is 61.6 Å². The Labute approximate surface area is 187 Å². The number of benzene rings is 2. The summed E-state index contributed by atoms with van der Waals surface area (Å²) in [7, 11) is 0. The summed E-state index contributed by atoms with van der Waals surface area (Å²) in [5.41, 5.74) is 3.37. The lowest BCUT2D eigenvalue weighted by Crippen LogP contribution is -2.39. The van der Waals surface area contributed by atoms with Gasteiger partial charge in [0.05, 0.1) is 29.4 Å². The van der Waals surface area contributed by atoms with Crippen LogP contribution in [0.25, 0.3) is 0 Å². The molecule has 1 saturated heterocycles. The van der Waals surface area contributed by atoms with Crippen LogP contribution >= 0.6 is 28.1 Å². The predicted octanol–water partition coefficient (Wildman–Crippen LogP) is 3.94. The first-order valence-corrected chi connectivity index (χ1v) is 10.5. The minimum absolute atomic E-state index is 0.118. The molecular formula is C20H21BrN4O4S. The van der Waals surface area contributed by atoms with E-state index in [0.29, 0.717) is 32.0 Å². The number of ether oxygens (including phenoxy) is 1. The molecule has 0 unspecified atom stereocenters. The maximum atomic E-state index is 13.0. The van der Waals surface area contributed by atoms with Crippen LogP contribution in [-0.4, -0.2) is 42.2 Å². The number of rotatable bonds is 4. The Morgan fingerprint density at radius 3 is 2.43 bits per heavy atom. The van der Waals surface area contributed by atoms with Crippen LogP contribution in [0.1, 0.15) is 21.5 Å². The summed E-state index contributed by atoms with van der Waals surface area (Å²) in [6.45, 7) is 6.11. The van der Waals surface area contributed by atoms with Crippen molar-refractivity contribution in [1.29, 1.82) is 0 Å². The Morgan fingerprint density at radius 2 is 1.83 bits per heavy atom. The number of amides is 1. The number of nitrogens with one attached hydrogen (secondary N) is 2. The summed E-state index contributed by atoms with van der Waals surface area (Å²) in [5, 5.41) is 17.0. The fourth-order valence-corrected chi connectivity index (χ4v) is 4.20. The molecular weight excluding hydrogens is 472 g/mol. The molecule has 3 rings (SSSR count). The molecule has 0 radical (unpaired) electrons. The minimum atomic E-state index is -0.523. The molecule has 0 atom stereocenters. The molecule has 30 heavy (non-hydrogen) atoms. The third kappa shape index (κ3) is 5.13. The summed E-state index contributed by atoms with van der Waals surface area (Å²) in [4.78, 5) is 25.7. The number of nitro groups is 1. The molecule has 0 aliphatic carbocycles. The lowest BCUT2D eigenvalue weighted by molar-refractivity contribution is -0.384. The van der Waals surface area contributed by atoms with Gasteiger partial charge in [-0.25, -0.2) is 0 Å². The first-order valence-electron chi connectivity index (χ1n) is 9.26. The van der Waals surface area contributed by atoms with Gasteiger partial charge in [-0.2, -0.15) is 0 Å². The molecule has 1 heterocycles. The van der Waals surface area contributed by atoms with Crippen LogP contribution in [0, 0.1) is 24.0 Å². The molecule has 8 nitrogen and oxygen atoms in total. The number of hydrogen-bond acceptors (Lipinski definition) is 6. The number of nitro benzene ring substituents is 1. The predicted molar refractivity (Wildman–Crippen MR) is 123 cm³/mol. The summed E-state index contributed by atoms with van der Waals surface area (Å²) in [5.74, 6) is -0.509. The number of aryl methyl sites for hydroxylation is 2. The molecule has 1 aliphatic heterocycles. The topological polar surface area (TPSA) is 96.7 Å². The Morgan fingerprint density at radius 1 is 1.20 bits per heavy atom. The molecule has 158 valence electrons. The van der Waals surface area contributed by atoms with Gasteiger partial charge in [0.1, 0.15) is 0 Å². The zero-order chi connectivity index (χ0) is 21.8. The van der Waals surface area contributed by atoms with E-state index >= 15 is 0 Å². The Kier molecular flexibility index (Phi) is 7.01. The molecule has 2 N–H and O–H groups in total. The highest BCUT2D eigenvalue weighted by atomic mass is 79.9. The summed E-state index contributed by atoms with van der Waals surface area (Å²) < 4.78 is 6.31. The van der Waals surface area contributed by atoms with Crippen molar-refractivity contribution in [3.8, 4) is 0 Å². The molecule has 1 aliphatic rings. The van der Waals surface area contributed by atoms with Crippen molar-refractivity contribution >= 4 is 56.2 Å². The van der Waals surface area contributed by atoms with E-state index in [1.807, 2.05) is 30.9 Å². The van der Waals surface area contributed by atoms with E-state index in [9.17, 15) is 14.9 Å². The maximum absolute atomic E-state index is 13.0. The normalized spacial score (nSPS) is 13.6. The van der Waals surface area contributed by atoms with Gasteiger partial charge in [-0.3, -0.25) is 20.2 Å². The van der Waals surface area contributed by atoms with Crippen LogP contribution in [0.15, 0.2) is 34.8 Å². The van der Waals surface area contributed by atoms with Crippen LogP contribution in [-0.2, 0) is 4.74 Å². The van der Waals surface area contributed by atoms with Crippen molar-refractivity contribution < 1.29 is 14.5 Å². The smallest absolute Gasteiger partial charge is 0.270 e. The number of carbonyl (C=O) groups is 1. The van der Waals surface area contributed by atoms with E-state index < -0.39 is 10.8 Å². The summed E-state index contributed by atoms with van der Waals surface area (Å²) in [6, 6.07) is 8.15. The van der Waals surface area contributed by atoms with Crippen LogP contribution in [0.5, 0.6) is 0 Å². The van der Waals surface area contributed by atoms with Gasteiger partial charge in [0, 0.05) is 35.4 Å². The molecule has 1 amide bonds. The van der Waals surface area contributed by atoms with Crippen molar-refractivity contribution in [2.24, 2.45) is 0 Å². The fourth-order valence-electron chi connectivity index (χ4n) is 3.32. The Hall–Kier alpha value is -2.56. The second-order valence-electron chi connectivity index (χ2n) is 6.88. The van der Waals surface area contributed by atoms with Crippen molar-refractivity contribution in [2.45, 2.75) is 13.8 Å². The highest BCUT2D eigenvalue weighted by Gasteiger charge is 2.23. The zero-order valence-corrected chi connectivity index (χ0v) is 18.9. The summed E-state index contributed by atoms with van der Waals surface area (Å²) >= 11 is 8.78. The number of morpholine rings is 1. The van der Waals surface area contributed by atoms with Gasteiger partial charge < -0.3 is 15.0 Å². The second-order valence-corrected chi connectivity index (χ2v) is 8.20. The van der Waals surface area contributed by atoms with Crippen LogP contribution in [0.2, 0.25) is 0 Å². The van der Waals surface area contributed by atoms with Crippen molar-refractivity contribution in [1.82, 2.24) is 5.32 Å². The summed E-state index contributed by atoms with van der Waals surface area (Å²) in [6.07, 6.45) is 0. The van der Waals surface area contributed by atoms with E-state index in [4.69, 9.17) is 17.0 Å². The third-order valence-electron chi connectivity index (χ3n) is 4.75. The minimum Gasteiger partial charge on any atom is -0.378 e. The van der Waals surface area contributed by atoms with Crippen LogP contribution in [0.4, 0.5) is 17.1 Å². The van der Waals surface area contributed by atoms with E-state index in [0.717, 1.165) is 21.3 Å². The molecule has 0 aromatic heterocycles. The van der Waals surface area contributed by atoms with Gasteiger partial charge in [-0.15, -0.1) is 0 Å². The number of thiocarbonyl (C=S) groups is 1. The lowest BCUT2D eigenvalue weighted by Gasteiger charge is -2.30. The Balaban J connectivity index is 1.83. The molecule has 1 fully saturated rings. The molecule has 2 aromatic carbocycles. The van der Waals surface area contributed by atoms with E-state index in [1.165, 1.54) is 12.1 Å². The number of carbonyl (C=O) groups excluding carboxylic acids is 1. The van der Waals surface area contributed by atoms with Crippen LogP contribution < -0.4 is 15.5 Å². The van der Waals surface area contributed by atoms with Crippen molar-refractivity contribution in [3.63, 3.8) is 0 Å². The van der Waals surface area contributed by atoms with Gasteiger partial charge in [0.15, 0.2) is 5.11 Å². The zero-order valence-electron chi connectivity index (χ0n) is 16.5. The SMILES string of the molecule is Cc1cc(Br)cc(C)c1NC(=S)NC(=O)c1cc([N+](=O)[O-])ccc1N1CCOCC1. The maximum Gasteiger partial charge on any atom is 0.270 e. The number of anilines is 2. The van der Waals surface area contributed by atoms with Crippen LogP contribution in [0.3, 0.4) is 0 Å².